The average molecular weight is 338 g/mol. The van der Waals surface area contributed by atoms with E-state index >= 15 is 0 Å². The maximum absolute atomic E-state index is 12.9. The molecular formula is C15H16ClN3O4. The minimum atomic E-state index is -0.681. The Morgan fingerprint density at radius 3 is 2.65 bits per heavy atom. The maximum Gasteiger partial charge on any atom is 0.311 e. The number of hydrogen-bond acceptors (Lipinski definition) is 5. The van der Waals surface area contributed by atoms with E-state index in [-0.39, 0.29) is 5.91 Å². The number of aromatic nitrogens is 2. The number of nitrogens with zero attached hydrogens (tertiary/aromatic N) is 3. The van der Waals surface area contributed by atoms with Crippen LogP contribution < -0.4 is 14.9 Å². The van der Waals surface area contributed by atoms with Gasteiger partial charge >= 0.3 is 5.91 Å². The van der Waals surface area contributed by atoms with Crippen molar-refractivity contribution in [1.82, 2.24) is 5.27 Å². The average Bonchev–Trinajstić information content (AvgIpc) is 2.96. The smallest absolute Gasteiger partial charge is 0.311 e. The van der Waals surface area contributed by atoms with Crippen molar-refractivity contribution in [2.75, 3.05) is 5.01 Å². The number of aliphatic hydroxyl groups is 1. The quantitative estimate of drug-likeness (QED) is 0.835. The van der Waals surface area contributed by atoms with Crippen LogP contribution in [0, 0.1) is 0 Å². The van der Waals surface area contributed by atoms with Crippen LogP contribution in [0.4, 0.5) is 0 Å². The Labute approximate surface area is 137 Å². The first-order valence-electron chi connectivity index (χ1n) is 7.39. The summed E-state index contributed by atoms with van der Waals surface area (Å²) >= 11 is 5.85. The molecule has 2 unspecified atom stereocenters. The van der Waals surface area contributed by atoms with Crippen LogP contribution in [0.3, 0.4) is 0 Å². The number of aliphatic hydroxyl groups excluding tert-OH is 1. The van der Waals surface area contributed by atoms with Gasteiger partial charge in [-0.2, -0.15) is 0 Å². The molecule has 0 bridgehead atoms. The zero-order chi connectivity index (χ0) is 16.4. The first-order chi connectivity index (χ1) is 11.1. The SMILES string of the molecule is O=C(c1ccc(Cl)cc1)N(C1CCCCC1O)[n+]1cc([O-])on1. The lowest BCUT2D eigenvalue weighted by molar-refractivity contribution is -0.753. The van der Waals surface area contributed by atoms with Gasteiger partial charge in [-0.25, -0.2) is 0 Å². The molecule has 1 saturated carbocycles. The zero-order valence-corrected chi connectivity index (χ0v) is 13.0. The predicted molar refractivity (Wildman–Crippen MR) is 78.4 cm³/mol. The predicted octanol–water partition coefficient (Wildman–Crippen LogP) is 0.771. The molecule has 2 aromatic rings. The molecule has 0 radical (unpaired) electrons. The Kier molecular flexibility index (Phi) is 4.49. The van der Waals surface area contributed by atoms with Gasteiger partial charge in [-0.05, 0) is 37.1 Å². The summed E-state index contributed by atoms with van der Waals surface area (Å²) in [7, 11) is 0. The molecule has 1 aliphatic carbocycles. The summed E-state index contributed by atoms with van der Waals surface area (Å²) in [5.41, 5.74) is 0.384. The van der Waals surface area contributed by atoms with Crippen LogP contribution >= 0.6 is 11.6 Å². The number of carbonyl (C=O) groups is 1. The van der Waals surface area contributed by atoms with Gasteiger partial charge in [0.15, 0.2) is 5.95 Å². The van der Waals surface area contributed by atoms with Crippen LogP contribution in [0.1, 0.15) is 36.0 Å². The molecule has 3 rings (SSSR count). The van der Waals surface area contributed by atoms with Gasteiger partial charge in [0.2, 0.25) is 0 Å². The molecule has 1 aromatic carbocycles. The second-order valence-electron chi connectivity index (χ2n) is 5.52. The molecule has 1 amide bonds. The highest BCUT2D eigenvalue weighted by molar-refractivity contribution is 6.30. The summed E-state index contributed by atoms with van der Waals surface area (Å²) in [6, 6.07) is 5.92. The van der Waals surface area contributed by atoms with E-state index in [2.05, 4.69) is 9.79 Å². The van der Waals surface area contributed by atoms with Gasteiger partial charge in [-0.3, -0.25) is 4.79 Å². The second kappa shape index (κ2) is 6.55. The Balaban J connectivity index is 1.97. The zero-order valence-electron chi connectivity index (χ0n) is 12.3. The van der Waals surface area contributed by atoms with Gasteiger partial charge in [0.05, 0.1) is 10.9 Å². The molecule has 0 saturated heterocycles. The van der Waals surface area contributed by atoms with E-state index in [0.717, 1.165) is 23.8 Å². The van der Waals surface area contributed by atoms with E-state index in [4.69, 9.17) is 11.6 Å². The van der Waals surface area contributed by atoms with Gasteiger partial charge in [-0.15, -0.1) is 0 Å². The maximum atomic E-state index is 12.9. The monoisotopic (exact) mass is 337 g/mol. The minimum absolute atomic E-state index is 0.383. The van der Waals surface area contributed by atoms with Crippen molar-refractivity contribution in [3.8, 4) is 5.95 Å². The van der Waals surface area contributed by atoms with Gasteiger partial charge in [0, 0.05) is 10.6 Å². The largest absolute Gasteiger partial charge is 0.539 e. The molecule has 1 fully saturated rings. The molecular weight excluding hydrogens is 322 g/mol. The van der Waals surface area contributed by atoms with Crippen LogP contribution in [0.5, 0.6) is 5.95 Å². The van der Waals surface area contributed by atoms with Crippen LogP contribution in [0.2, 0.25) is 5.02 Å². The van der Waals surface area contributed by atoms with Crippen molar-refractivity contribution >= 4 is 17.5 Å². The summed E-state index contributed by atoms with van der Waals surface area (Å²) in [5.74, 6) is -1.05. The van der Waals surface area contributed by atoms with E-state index in [0.29, 0.717) is 23.4 Å². The second-order valence-corrected chi connectivity index (χ2v) is 5.95. The number of carbonyl (C=O) groups excluding carboxylic acids is 1. The van der Waals surface area contributed by atoms with Crippen molar-refractivity contribution in [3.63, 3.8) is 0 Å². The molecule has 0 aliphatic heterocycles. The topological polar surface area (TPSA) is 93.5 Å². The number of hydrogen-bond donors (Lipinski definition) is 1. The van der Waals surface area contributed by atoms with E-state index in [1.54, 1.807) is 24.3 Å². The number of halogens is 1. The fourth-order valence-electron chi connectivity index (χ4n) is 2.82. The molecule has 122 valence electrons. The molecule has 1 N–H and O–H groups in total. The van der Waals surface area contributed by atoms with Crippen LogP contribution in [-0.2, 0) is 0 Å². The van der Waals surface area contributed by atoms with Crippen LogP contribution in [0.15, 0.2) is 35.0 Å². The third-order valence-electron chi connectivity index (χ3n) is 3.96. The normalized spacial score (nSPS) is 21.1. The molecule has 7 nitrogen and oxygen atoms in total. The molecule has 1 aliphatic rings. The van der Waals surface area contributed by atoms with Crippen molar-refractivity contribution in [1.29, 1.82) is 0 Å². The number of benzene rings is 1. The van der Waals surface area contributed by atoms with Crippen molar-refractivity contribution in [3.05, 3.63) is 41.0 Å². The highest BCUT2D eigenvalue weighted by Gasteiger charge is 2.40. The van der Waals surface area contributed by atoms with E-state index in [1.807, 2.05) is 0 Å². The Morgan fingerprint density at radius 2 is 2.04 bits per heavy atom. The van der Waals surface area contributed by atoms with E-state index in [1.165, 1.54) is 5.01 Å². The Morgan fingerprint density at radius 1 is 1.35 bits per heavy atom. The lowest BCUT2D eigenvalue weighted by Crippen LogP contribution is -2.69. The first-order valence-corrected chi connectivity index (χ1v) is 7.77. The van der Waals surface area contributed by atoms with Gasteiger partial charge < -0.3 is 14.7 Å². The third kappa shape index (κ3) is 3.30. The van der Waals surface area contributed by atoms with Crippen molar-refractivity contribution < 1.29 is 24.3 Å². The van der Waals surface area contributed by atoms with Crippen LogP contribution in [-0.4, -0.2) is 28.4 Å². The Bertz CT molecular complexity index is 688. The van der Waals surface area contributed by atoms with Crippen LogP contribution in [0.25, 0.3) is 0 Å². The van der Waals surface area contributed by atoms with Gasteiger partial charge in [0.25, 0.3) is 6.20 Å². The summed E-state index contributed by atoms with van der Waals surface area (Å²) in [6.07, 6.45) is 3.40. The highest BCUT2D eigenvalue weighted by atomic mass is 35.5. The van der Waals surface area contributed by atoms with Gasteiger partial charge in [-0.1, -0.05) is 29.5 Å². The summed E-state index contributed by atoms with van der Waals surface area (Å²) < 4.78 is 4.54. The fourth-order valence-corrected chi connectivity index (χ4v) is 2.95. The third-order valence-corrected chi connectivity index (χ3v) is 4.22. The fraction of sp³-hybridized carbons (Fsp3) is 0.400. The minimum Gasteiger partial charge on any atom is -0.539 e. The molecule has 23 heavy (non-hydrogen) atoms. The molecule has 0 spiro atoms. The number of rotatable bonds is 3. The lowest BCUT2D eigenvalue weighted by atomic mass is 9.92. The Hall–Kier alpha value is -2.12. The summed E-state index contributed by atoms with van der Waals surface area (Å²) in [5, 5.41) is 27.0. The summed E-state index contributed by atoms with van der Waals surface area (Å²) in [6.45, 7) is 0. The number of amides is 1. The van der Waals surface area contributed by atoms with Gasteiger partial charge in [0.1, 0.15) is 11.3 Å². The molecule has 1 aromatic heterocycles. The van der Waals surface area contributed by atoms with Crippen molar-refractivity contribution in [2.24, 2.45) is 0 Å². The summed E-state index contributed by atoms with van der Waals surface area (Å²) in [4.78, 5) is 13.9. The molecule has 2 atom stereocenters. The first kappa shape index (κ1) is 15.8. The molecule has 8 heteroatoms. The van der Waals surface area contributed by atoms with E-state index in [9.17, 15) is 15.0 Å². The van der Waals surface area contributed by atoms with Crippen molar-refractivity contribution in [2.45, 2.75) is 37.8 Å². The lowest BCUT2D eigenvalue weighted by Gasteiger charge is -2.30. The molecule has 1 heterocycles. The standard InChI is InChI=1S/C15H16ClN3O4/c16-11-7-5-10(6-8-11)15(22)19(18-9-14(21)23-17-18)12-3-1-2-4-13(12)20/h5-9,12-13,20H,1-4H2. The van der Waals surface area contributed by atoms with E-state index < -0.39 is 18.1 Å². The highest BCUT2D eigenvalue weighted by Crippen LogP contribution is 2.23.